The van der Waals surface area contributed by atoms with Gasteiger partial charge in [0, 0.05) is 10.3 Å². The summed E-state index contributed by atoms with van der Waals surface area (Å²) < 4.78 is 7.22. The summed E-state index contributed by atoms with van der Waals surface area (Å²) in [6.07, 6.45) is 0. The molecule has 0 fully saturated rings. The van der Waals surface area contributed by atoms with Crippen LogP contribution in [0.25, 0.3) is 33.0 Å². The van der Waals surface area contributed by atoms with Gasteiger partial charge in [-0.25, -0.2) is 0 Å². The lowest BCUT2D eigenvalue weighted by Crippen LogP contribution is -1.77. The van der Waals surface area contributed by atoms with E-state index < -0.39 is 0 Å². The lowest BCUT2D eigenvalue weighted by atomic mass is 10.1. The summed E-state index contributed by atoms with van der Waals surface area (Å²) >= 11 is 3.35. The number of fused-ring (bicyclic) bond motifs is 1. The molecule has 110 valence electrons. The maximum absolute atomic E-state index is 5.93. The molecule has 0 spiro atoms. The van der Waals surface area contributed by atoms with E-state index in [1.807, 2.05) is 12.1 Å². The normalized spacial score (nSPS) is 11.3. The zero-order valence-corrected chi connectivity index (χ0v) is 13.5. The van der Waals surface area contributed by atoms with E-state index in [0.717, 1.165) is 22.2 Å². The van der Waals surface area contributed by atoms with Gasteiger partial charge in [-0.1, -0.05) is 18.7 Å². The summed E-state index contributed by atoms with van der Waals surface area (Å²) in [7, 11) is 0. The molecule has 0 unspecified atom stereocenters. The van der Waals surface area contributed by atoms with Gasteiger partial charge in [-0.05, 0) is 52.9 Å². The van der Waals surface area contributed by atoms with E-state index in [1.165, 1.54) is 10.1 Å². The Labute approximate surface area is 135 Å². The van der Waals surface area contributed by atoms with Crippen molar-refractivity contribution in [3.05, 3.63) is 41.8 Å². The van der Waals surface area contributed by atoms with Crippen LogP contribution in [0.2, 0.25) is 0 Å². The number of nitrogens with zero attached hydrogens (tertiary/aromatic N) is 2. The summed E-state index contributed by atoms with van der Waals surface area (Å²) in [5.74, 6) is 3.15. The average Bonchev–Trinajstić information content (AvgIpc) is 3.26. The molecule has 0 bridgehead atoms. The second-order valence-corrected chi connectivity index (χ2v) is 6.92. The second-order valence-electron chi connectivity index (χ2n) is 4.74. The first-order valence-corrected chi connectivity index (χ1v) is 8.83. The molecule has 6 heteroatoms. The van der Waals surface area contributed by atoms with Crippen molar-refractivity contribution in [2.75, 3.05) is 5.75 Å². The van der Waals surface area contributed by atoms with E-state index in [4.69, 9.17) is 4.42 Å². The fourth-order valence-corrected chi connectivity index (χ4v) is 3.59. The van der Waals surface area contributed by atoms with Crippen LogP contribution < -0.4 is 0 Å². The number of nitrogens with one attached hydrogen (secondary N) is 1. The van der Waals surface area contributed by atoms with Gasteiger partial charge in [0.15, 0.2) is 11.6 Å². The lowest BCUT2D eigenvalue weighted by Gasteiger charge is -1.97. The van der Waals surface area contributed by atoms with E-state index in [1.54, 1.807) is 23.1 Å². The van der Waals surface area contributed by atoms with E-state index in [2.05, 4.69) is 51.8 Å². The van der Waals surface area contributed by atoms with Crippen LogP contribution in [0.15, 0.2) is 51.4 Å². The Morgan fingerprint density at radius 3 is 3.00 bits per heavy atom. The third-order valence-electron chi connectivity index (χ3n) is 3.31. The van der Waals surface area contributed by atoms with Crippen LogP contribution in [-0.2, 0) is 0 Å². The van der Waals surface area contributed by atoms with Crippen molar-refractivity contribution in [1.29, 1.82) is 0 Å². The Balaban J connectivity index is 1.67. The highest BCUT2D eigenvalue weighted by atomic mass is 32.2. The molecule has 22 heavy (non-hydrogen) atoms. The Bertz CT molecular complexity index is 922. The molecular weight excluding hydrogens is 314 g/mol. The van der Waals surface area contributed by atoms with Crippen molar-refractivity contribution in [2.45, 2.75) is 12.1 Å². The van der Waals surface area contributed by atoms with Crippen molar-refractivity contribution in [2.24, 2.45) is 0 Å². The molecule has 1 N–H and O–H groups in total. The molecule has 3 heterocycles. The van der Waals surface area contributed by atoms with Gasteiger partial charge in [0.2, 0.25) is 5.16 Å². The number of hydrogen-bond donors (Lipinski definition) is 1. The van der Waals surface area contributed by atoms with E-state index in [9.17, 15) is 0 Å². The summed E-state index contributed by atoms with van der Waals surface area (Å²) in [5, 5.41) is 11.2. The summed E-state index contributed by atoms with van der Waals surface area (Å²) in [6, 6.07) is 12.4. The van der Waals surface area contributed by atoms with Gasteiger partial charge in [-0.15, -0.1) is 16.4 Å². The predicted octanol–water partition coefficient (Wildman–Crippen LogP) is 5.06. The fraction of sp³-hybridized carbons (Fsp3) is 0.125. The SMILES string of the molecule is CCSc1n[nH]c(-c2ccc(-c3ccc4sccc4c3)o2)n1. The standard InChI is InChI=1S/C16H13N3OS2/c1-2-21-16-17-15(18-19-16)13-5-4-12(20-13)10-3-6-14-11(9-10)7-8-22-14/h3-9H,2H2,1H3,(H,17,18,19). The topological polar surface area (TPSA) is 54.7 Å². The summed E-state index contributed by atoms with van der Waals surface area (Å²) in [4.78, 5) is 4.42. The highest BCUT2D eigenvalue weighted by Crippen LogP contribution is 2.31. The van der Waals surface area contributed by atoms with Gasteiger partial charge in [0.05, 0.1) is 0 Å². The zero-order chi connectivity index (χ0) is 14.9. The van der Waals surface area contributed by atoms with Crippen molar-refractivity contribution in [3.8, 4) is 22.9 Å². The molecule has 1 aromatic carbocycles. The average molecular weight is 327 g/mol. The number of furan rings is 1. The molecule has 0 aliphatic carbocycles. The first-order valence-electron chi connectivity index (χ1n) is 6.96. The first kappa shape index (κ1) is 13.6. The first-order chi connectivity index (χ1) is 10.8. The number of rotatable bonds is 4. The van der Waals surface area contributed by atoms with Crippen molar-refractivity contribution < 1.29 is 4.42 Å². The van der Waals surface area contributed by atoms with Gasteiger partial charge in [0.1, 0.15) is 5.76 Å². The molecule has 0 amide bonds. The molecule has 4 aromatic rings. The number of hydrogen-bond acceptors (Lipinski definition) is 5. The van der Waals surface area contributed by atoms with E-state index in [0.29, 0.717) is 11.6 Å². The minimum absolute atomic E-state index is 0.666. The lowest BCUT2D eigenvalue weighted by molar-refractivity contribution is 0.592. The number of thiophene rings is 1. The number of aromatic nitrogens is 3. The van der Waals surface area contributed by atoms with Gasteiger partial charge in [-0.3, -0.25) is 5.10 Å². The largest absolute Gasteiger partial charge is 0.453 e. The molecule has 0 radical (unpaired) electrons. The van der Waals surface area contributed by atoms with Crippen LogP contribution in [-0.4, -0.2) is 20.9 Å². The van der Waals surface area contributed by atoms with Crippen LogP contribution in [0.1, 0.15) is 6.92 Å². The zero-order valence-electron chi connectivity index (χ0n) is 11.9. The number of benzene rings is 1. The minimum atomic E-state index is 0.666. The molecule has 0 atom stereocenters. The van der Waals surface area contributed by atoms with Crippen molar-refractivity contribution >= 4 is 33.2 Å². The highest BCUT2D eigenvalue weighted by Gasteiger charge is 2.11. The van der Waals surface area contributed by atoms with Gasteiger partial charge in [0.25, 0.3) is 0 Å². The Hall–Kier alpha value is -2.05. The van der Waals surface area contributed by atoms with Crippen LogP contribution >= 0.6 is 23.1 Å². The van der Waals surface area contributed by atoms with Gasteiger partial charge >= 0.3 is 0 Å². The maximum atomic E-state index is 5.93. The number of H-pyrrole nitrogens is 1. The van der Waals surface area contributed by atoms with Crippen molar-refractivity contribution in [1.82, 2.24) is 15.2 Å². The highest BCUT2D eigenvalue weighted by molar-refractivity contribution is 7.99. The quantitative estimate of drug-likeness (QED) is 0.532. The second kappa shape index (κ2) is 5.62. The molecule has 0 saturated heterocycles. The fourth-order valence-electron chi connectivity index (χ4n) is 2.29. The molecule has 0 saturated carbocycles. The van der Waals surface area contributed by atoms with E-state index in [-0.39, 0.29) is 0 Å². The molecule has 4 nitrogen and oxygen atoms in total. The third-order valence-corrected chi connectivity index (χ3v) is 4.94. The van der Waals surface area contributed by atoms with E-state index >= 15 is 0 Å². The Morgan fingerprint density at radius 1 is 1.18 bits per heavy atom. The van der Waals surface area contributed by atoms with Crippen LogP contribution in [0, 0.1) is 0 Å². The Kier molecular flexibility index (Phi) is 3.48. The summed E-state index contributed by atoms with van der Waals surface area (Å²) in [6.45, 7) is 2.08. The van der Waals surface area contributed by atoms with Crippen molar-refractivity contribution in [3.63, 3.8) is 0 Å². The Morgan fingerprint density at radius 2 is 2.09 bits per heavy atom. The smallest absolute Gasteiger partial charge is 0.208 e. The molecule has 0 aliphatic heterocycles. The van der Waals surface area contributed by atoms with Crippen LogP contribution in [0.4, 0.5) is 0 Å². The number of aromatic amines is 1. The number of thioether (sulfide) groups is 1. The summed E-state index contributed by atoms with van der Waals surface area (Å²) in [5.41, 5.74) is 1.07. The third kappa shape index (κ3) is 2.44. The molecule has 3 aromatic heterocycles. The molecule has 4 rings (SSSR count). The maximum Gasteiger partial charge on any atom is 0.208 e. The molecular formula is C16H13N3OS2. The van der Waals surface area contributed by atoms with Crippen LogP contribution in [0.3, 0.4) is 0 Å². The predicted molar refractivity (Wildman–Crippen MR) is 91.3 cm³/mol. The van der Waals surface area contributed by atoms with Gasteiger partial charge < -0.3 is 4.42 Å². The van der Waals surface area contributed by atoms with Crippen LogP contribution in [0.5, 0.6) is 0 Å². The monoisotopic (exact) mass is 327 g/mol. The van der Waals surface area contributed by atoms with Gasteiger partial charge in [-0.2, -0.15) is 4.98 Å². The molecule has 0 aliphatic rings. The minimum Gasteiger partial charge on any atom is -0.453 e.